The molecular formula is C16H15F3O. The van der Waals surface area contributed by atoms with E-state index >= 15 is 0 Å². The fourth-order valence-corrected chi connectivity index (χ4v) is 1.79. The fraction of sp³-hybridized carbons (Fsp3) is 0.250. The zero-order chi connectivity index (χ0) is 14.8. The second kappa shape index (κ2) is 5.57. The standard InChI is InChI=1S/C16H15F3O/c1-11(2)12-6-8-14(9-7-12)20-15-5-3-4-13(10-15)16(17,18)19/h3-11H,1-2H3. The maximum atomic E-state index is 12.6. The molecule has 0 radical (unpaired) electrons. The van der Waals surface area contributed by atoms with E-state index in [1.54, 1.807) is 12.1 Å². The van der Waals surface area contributed by atoms with Crippen LogP contribution in [0.5, 0.6) is 11.5 Å². The van der Waals surface area contributed by atoms with Crippen molar-refractivity contribution in [2.45, 2.75) is 25.9 Å². The van der Waals surface area contributed by atoms with Gasteiger partial charge in [0.05, 0.1) is 5.56 Å². The first-order chi connectivity index (χ1) is 9.36. The van der Waals surface area contributed by atoms with Gasteiger partial charge in [-0.2, -0.15) is 13.2 Å². The summed E-state index contributed by atoms with van der Waals surface area (Å²) in [4.78, 5) is 0. The molecule has 0 fully saturated rings. The van der Waals surface area contributed by atoms with Crippen LogP contribution in [-0.2, 0) is 6.18 Å². The number of benzene rings is 2. The maximum absolute atomic E-state index is 12.6. The summed E-state index contributed by atoms with van der Waals surface area (Å²) in [5, 5.41) is 0. The van der Waals surface area contributed by atoms with Crippen LogP contribution < -0.4 is 4.74 Å². The average molecular weight is 280 g/mol. The van der Waals surface area contributed by atoms with E-state index in [0.717, 1.165) is 17.7 Å². The van der Waals surface area contributed by atoms with Gasteiger partial charge in [-0.3, -0.25) is 0 Å². The Morgan fingerprint density at radius 2 is 1.55 bits per heavy atom. The van der Waals surface area contributed by atoms with Gasteiger partial charge in [-0.05, 0) is 41.8 Å². The molecule has 0 aliphatic carbocycles. The summed E-state index contributed by atoms with van der Waals surface area (Å²) >= 11 is 0. The van der Waals surface area contributed by atoms with Crippen molar-refractivity contribution < 1.29 is 17.9 Å². The molecule has 0 atom stereocenters. The molecule has 0 aliphatic rings. The Morgan fingerprint density at radius 1 is 0.900 bits per heavy atom. The van der Waals surface area contributed by atoms with Crippen molar-refractivity contribution in [3.63, 3.8) is 0 Å². The van der Waals surface area contributed by atoms with Crippen LogP contribution in [0.15, 0.2) is 48.5 Å². The lowest BCUT2D eigenvalue weighted by Gasteiger charge is -2.11. The third-order valence-corrected chi connectivity index (χ3v) is 2.94. The summed E-state index contributed by atoms with van der Waals surface area (Å²) in [6.07, 6.45) is -4.36. The number of halogens is 3. The van der Waals surface area contributed by atoms with Gasteiger partial charge < -0.3 is 4.74 Å². The smallest absolute Gasteiger partial charge is 0.416 e. The summed E-state index contributed by atoms with van der Waals surface area (Å²) in [6.45, 7) is 4.14. The largest absolute Gasteiger partial charge is 0.457 e. The molecule has 4 heteroatoms. The monoisotopic (exact) mass is 280 g/mol. The highest BCUT2D eigenvalue weighted by Crippen LogP contribution is 2.32. The van der Waals surface area contributed by atoms with Crippen molar-refractivity contribution in [3.05, 3.63) is 59.7 Å². The highest BCUT2D eigenvalue weighted by atomic mass is 19.4. The molecule has 1 nitrogen and oxygen atoms in total. The normalized spacial score (nSPS) is 11.7. The molecule has 0 heterocycles. The van der Waals surface area contributed by atoms with E-state index in [4.69, 9.17) is 4.74 Å². The number of ether oxygens (including phenoxy) is 1. The van der Waals surface area contributed by atoms with E-state index < -0.39 is 11.7 Å². The third kappa shape index (κ3) is 3.53. The maximum Gasteiger partial charge on any atom is 0.416 e. The van der Waals surface area contributed by atoms with Crippen molar-refractivity contribution in [1.82, 2.24) is 0 Å². The van der Waals surface area contributed by atoms with E-state index in [0.29, 0.717) is 11.7 Å². The van der Waals surface area contributed by atoms with Crippen molar-refractivity contribution in [2.24, 2.45) is 0 Å². The van der Waals surface area contributed by atoms with Gasteiger partial charge >= 0.3 is 6.18 Å². The molecule has 0 N–H and O–H groups in total. The van der Waals surface area contributed by atoms with Crippen molar-refractivity contribution >= 4 is 0 Å². The van der Waals surface area contributed by atoms with Crippen molar-refractivity contribution in [1.29, 1.82) is 0 Å². The number of hydrogen-bond donors (Lipinski definition) is 0. The molecule has 2 aromatic rings. The fourth-order valence-electron chi connectivity index (χ4n) is 1.79. The molecule has 0 amide bonds. The Morgan fingerprint density at radius 3 is 2.10 bits per heavy atom. The molecule has 20 heavy (non-hydrogen) atoms. The third-order valence-electron chi connectivity index (χ3n) is 2.94. The lowest BCUT2D eigenvalue weighted by Crippen LogP contribution is -2.04. The lowest BCUT2D eigenvalue weighted by atomic mass is 10.0. The number of alkyl halides is 3. The van der Waals surface area contributed by atoms with Gasteiger partial charge in [0.2, 0.25) is 0 Å². The number of hydrogen-bond acceptors (Lipinski definition) is 1. The van der Waals surface area contributed by atoms with Crippen LogP contribution >= 0.6 is 0 Å². The molecule has 0 unspecified atom stereocenters. The van der Waals surface area contributed by atoms with Gasteiger partial charge in [-0.25, -0.2) is 0 Å². The topological polar surface area (TPSA) is 9.23 Å². The van der Waals surface area contributed by atoms with Crippen molar-refractivity contribution in [2.75, 3.05) is 0 Å². The predicted molar refractivity (Wildman–Crippen MR) is 72.0 cm³/mol. The van der Waals surface area contributed by atoms with Crippen LogP contribution in [0.25, 0.3) is 0 Å². The van der Waals surface area contributed by atoms with Crippen LogP contribution in [0, 0.1) is 0 Å². The molecule has 2 aromatic carbocycles. The summed E-state index contributed by atoms with van der Waals surface area (Å²) in [5.41, 5.74) is 0.440. The van der Waals surface area contributed by atoms with Gasteiger partial charge in [0, 0.05) is 0 Å². The summed E-state index contributed by atoms with van der Waals surface area (Å²) in [7, 11) is 0. The van der Waals surface area contributed by atoms with Gasteiger partial charge in [-0.1, -0.05) is 32.0 Å². The Hall–Kier alpha value is -1.97. The highest BCUT2D eigenvalue weighted by Gasteiger charge is 2.30. The number of rotatable bonds is 3. The second-order valence-corrected chi connectivity index (χ2v) is 4.85. The Kier molecular flexibility index (Phi) is 4.02. The van der Waals surface area contributed by atoms with Gasteiger partial charge in [0.15, 0.2) is 0 Å². The van der Waals surface area contributed by atoms with Gasteiger partial charge in [-0.15, -0.1) is 0 Å². The van der Waals surface area contributed by atoms with E-state index in [9.17, 15) is 13.2 Å². The zero-order valence-corrected chi connectivity index (χ0v) is 11.2. The van der Waals surface area contributed by atoms with E-state index in [1.165, 1.54) is 12.1 Å². The van der Waals surface area contributed by atoms with Crippen LogP contribution in [0.1, 0.15) is 30.9 Å². The Balaban J connectivity index is 2.18. The summed E-state index contributed by atoms with van der Waals surface area (Å²) < 4.78 is 43.2. The molecule has 0 spiro atoms. The zero-order valence-electron chi connectivity index (χ0n) is 11.2. The van der Waals surface area contributed by atoms with Crippen LogP contribution in [0.3, 0.4) is 0 Å². The minimum atomic E-state index is -4.36. The Labute approximate surface area is 116 Å². The predicted octanol–water partition coefficient (Wildman–Crippen LogP) is 5.62. The first-order valence-corrected chi connectivity index (χ1v) is 6.31. The summed E-state index contributed by atoms with van der Waals surface area (Å²) in [6, 6.07) is 12.2. The molecule has 0 saturated heterocycles. The molecule has 106 valence electrons. The van der Waals surface area contributed by atoms with E-state index in [-0.39, 0.29) is 5.75 Å². The first kappa shape index (κ1) is 14.4. The minimum absolute atomic E-state index is 0.178. The first-order valence-electron chi connectivity index (χ1n) is 6.31. The molecule has 0 aliphatic heterocycles. The van der Waals surface area contributed by atoms with Crippen molar-refractivity contribution in [3.8, 4) is 11.5 Å². The molecule has 0 saturated carbocycles. The lowest BCUT2D eigenvalue weighted by molar-refractivity contribution is -0.137. The van der Waals surface area contributed by atoms with Crippen LogP contribution in [0.4, 0.5) is 13.2 Å². The minimum Gasteiger partial charge on any atom is -0.457 e. The van der Waals surface area contributed by atoms with Gasteiger partial charge in [0.1, 0.15) is 11.5 Å². The molecule has 0 aromatic heterocycles. The Bertz CT molecular complexity index is 571. The molecular weight excluding hydrogens is 265 g/mol. The average Bonchev–Trinajstić information content (AvgIpc) is 2.38. The quantitative estimate of drug-likeness (QED) is 0.709. The summed E-state index contributed by atoms with van der Waals surface area (Å²) in [5.74, 6) is 1.10. The highest BCUT2D eigenvalue weighted by molar-refractivity contribution is 5.36. The SMILES string of the molecule is CC(C)c1ccc(Oc2cccc(C(F)(F)F)c2)cc1. The van der Waals surface area contributed by atoms with E-state index in [1.807, 2.05) is 12.1 Å². The molecule has 0 bridgehead atoms. The van der Waals surface area contributed by atoms with Crippen LogP contribution in [0.2, 0.25) is 0 Å². The van der Waals surface area contributed by atoms with Crippen LogP contribution in [-0.4, -0.2) is 0 Å². The van der Waals surface area contributed by atoms with Gasteiger partial charge in [0.25, 0.3) is 0 Å². The molecule has 2 rings (SSSR count). The van der Waals surface area contributed by atoms with E-state index in [2.05, 4.69) is 13.8 Å². The second-order valence-electron chi connectivity index (χ2n) is 4.85.